The highest BCUT2D eigenvalue weighted by atomic mass is 32.1. The number of carbonyl (C=O) groups is 1. The number of nitrogens with zero attached hydrogens (tertiary/aromatic N) is 1. The molecule has 5 heteroatoms. The summed E-state index contributed by atoms with van der Waals surface area (Å²) >= 11 is 1.74. The number of hydrogen-bond acceptors (Lipinski definition) is 3. The van der Waals surface area contributed by atoms with Crippen molar-refractivity contribution in [3.05, 3.63) is 22.4 Å². The Morgan fingerprint density at radius 2 is 2.40 bits per heavy atom. The summed E-state index contributed by atoms with van der Waals surface area (Å²) in [6.45, 7) is 2.47. The Kier molecular flexibility index (Phi) is 4.58. The molecule has 1 N–H and O–H groups in total. The second kappa shape index (κ2) is 6.59. The molecule has 4 nitrogen and oxygen atoms in total. The summed E-state index contributed by atoms with van der Waals surface area (Å²) < 4.78 is 5.58. The van der Waals surface area contributed by atoms with Crippen LogP contribution in [0.5, 0.6) is 0 Å². The van der Waals surface area contributed by atoms with Crippen LogP contribution >= 0.6 is 11.3 Å². The summed E-state index contributed by atoms with van der Waals surface area (Å²) in [7, 11) is 0. The van der Waals surface area contributed by atoms with Crippen molar-refractivity contribution in [3.8, 4) is 0 Å². The summed E-state index contributed by atoms with van der Waals surface area (Å²) in [5, 5.41) is 5.14. The van der Waals surface area contributed by atoms with Crippen LogP contribution < -0.4 is 5.32 Å². The highest BCUT2D eigenvalue weighted by Gasteiger charge is 2.30. The van der Waals surface area contributed by atoms with Gasteiger partial charge < -0.3 is 15.0 Å². The van der Waals surface area contributed by atoms with Crippen LogP contribution in [-0.2, 0) is 4.74 Å². The van der Waals surface area contributed by atoms with Crippen molar-refractivity contribution in [2.75, 3.05) is 19.7 Å². The zero-order chi connectivity index (χ0) is 13.8. The molecule has 2 atom stereocenters. The SMILES string of the molecule is O=C(NCCC1CCCO1)N1CCCC1c1cccs1. The summed E-state index contributed by atoms with van der Waals surface area (Å²) in [6, 6.07) is 4.55. The van der Waals surface area contributed by atoms with E-state index in [1.54, 1.807) is 11.3 Å². The van der Waals surface area contributed by atoms with Crippen molar-refractivity contribution >= 4 is 17.4 Å². The molecule has 3 heterocycles. The summed E-state index contributed by atoms with van der Waals surface area (Å²) in [5.41, 5.74) is 0. The van der Waals surface area contributed by atoms with E-state index in [1.807, 2.05) is 4.90 Å². The Morgan fingerprint density at radius 3 is 3.15 bits per heavy atom. The molecule has 0 aromatic carbocycles. The maximum Gasteiger partial charge on any atom is 0.317 e. The van der Waals surface area contributed by atoms with Crippen LogP contribution in [0.15, 0.2) is 17.5 Å². The van der Waals surface area contributed by atoms with Gasteiger partial charge in [-0.3, -0.25) is 0 Å². The van der Waals surface area contributed by atoms with E-state index in [9.17, 15) is 4.79 Å². The maximum absolute atomic E-state index is 12.3. The normalized spacial score (nSPS) is 26.1. The molecule has 2 aliphatic rings. The number of ether oxygens (including phenoxy) is 1. The lowest BCUT2D eigenvalue weighted by atomic mass is 10.2. The van der Waals surface area contributed by atoms with Gasteiger partial charge in [0, 0.05) is 24.6 Å². The minimum absolute atomic E-state index is 0.0823. The molecule has 2 aliphatic heterocycles. The van der Waals surface area contributed by atoms with E-state index >= 15 is 0 Å². The third kappa shape index (κ3) is 3.15. The average molecular weight is 294 g/mol. The third-order valence-corrected chi connectivity index (χ3v) is 5.13. The second-order valence-electron chi connectivity index (χ2n) is 5.52. The molecular formula is C15H22N2O2S. The number of hydrogen-bond donors (Lipinski definition) is 1. The number of rotatable bonds is 4. The van der Waals surface area contributed by atoms with Crippen LogP contribution in [0.4, 0.5) is 4.79 Å². The molecule has 0 saturated carbocycles. The minimum atomic E-state index is 0.0823. The number of carbonyl (C=O) groups excluding carboxylic acids is 1. The van der Waals surface area contributed by atoms with E-state index in [4.69, 9.17) is 4.74 Å². The molecule has 2 amide bonds. The summed E-state index contributed by atoms with van der Waals surface area (Å²) in [4.78, 5) is 15.6. The Labute approximate surface area is 124 Å². The van der Waals surface area contributed by atoms with Crippen LogP contribution in [0.1, 0.15) is 43.0 Å². The summed E-state index contributed by atoms with van der Waals surface area (Å²) in [5.74, 6) is 0. The number of nitrogens with one attached hydrogen (secondary N) is 1. The predicted octanol–water partition coefficient (Wildman–Crippen LogP) is 3.16. The van der Waals surface area contributed by atoms with E-state index in [2.05, 4.69) is 22.8 Å². The van der Waals surface area contributed by atoms with Gasteiger partial charge in [-0.1, -0.05) is 6.07 Å². The van der Waals surface area contributed by atoms with Crippen molar-refractivity contribution in [3.63, 3.8) is 0 Å². The molecule has 0 aliphatic carbocycles. The Morgan fingerprint density at radius 1 is 1.45 bits per heavy atom. The predicted molar refractivity (Wildman–Crippen MR) is 80.0 cm³/mol. The van der Waals surface area contributed by atoms with Gasteiger partial charge in [-0.2, -0.15) is 0 Å². The molecule has 1 aromatic rings. The Bertz CT molecular complexity index is 429. The van der Waals surface area contributed by atoms with Gasteiger partial charge in [0.2, 0.25) is 0 Å². The van der Waals surface area contributed by atoms with Gasteiger partial charge >= 0.3 is 6.03 Å². The van der Waals surface area contributed by atoms with Crippen LogP contribution in [0.25, 0.3) is 0 Å². The maximum atomic E-state index is 12.3. The fourth-order valence-electron chi connectivity index (χ4n) is 3.10. The quantitative estimate of drug-likeness (QED) is 0.926. The number of likely N-dealkylation sites (tertiary alicyclic amines) is 1. The smallest absolute Gasteiger partial charge is 0.317 e. The van der Waals surface area contributed by atoms with Crippen LogP contribution in [-0.4, -0.2) is 36.7 Å². The van der Waals surface area contributed by atoms with Gasteiger partial charge in [0.25, 0.3) is 0 Å². The zero-order valence-corrected chi connectivity index (χ0v) is 12.5. The van der Waals surface area contributed by atoms with Gasteiger partial charge in [0.15, 0.2) is 0 Å². The van der Waals surface area contributed by atoms with Gasteiger partial charge in [-0.25, -0.2) is 4.79 Å². The van der Waals surface area contributed by atoms with Gasteiger partial charge in [-0.15, -0.1) is 11.3 Å². The topological polar surface area (TPSA) is 41.6 Å². The molecular weight excluding hydrogens is 272 g/mol. The van der Waals surface area contributed by atoms with Crippen molar-refractivity contribution < 1.29 is 9.53 Å². The first-order valence-corrected chi connectivity index (χ1v) is 8.42. The van der Waals surface area contributed by atoms with Crippen molar-refractivity contribution in [2.45, 2.75) is 44.2 Å². The van der Waals surface area contributed by atoms with Gasteiger partial charge in [0.05, 0.1) is 12.1 Å². The number of amides is 2. The molecule has 2 fully saturated rings. The molecule has 0 bridgehead atoms. The summed E-state index contributed by atoms with van der Waals surface area (Å²) in [6.07, 6.45) is 5.76. The van der Waals surface area contributed by atoms with Crippen LogP contribution in [0.3, 0.4) is 0 Å². The number of thiophene rings is 1. The first kappa shape index (κ1) is 13.9. The average Bonchev–Trinajstić information content (AvgIpc) is 3.19. The first-order valence-electron chi connectivity index (χ1n) is 7.54. The fourth-order valence-corrected chi connectivity index (χ4v) is 3.97. The molecule has 1 aromatic heterocycles. The molecule has 110 valence electrons. The van der Waals surface area contributed by atoms with E-state index < -0.39 is 0 Å². The largest absolute Gasteiger partial charge is 0.378 e. The lowest BCUT2D eigenvalue weighted by Crippen LogP contribution is -2.40. The molecule has 20 heavy (non-hydrogen) atoms. The van der Waals surface area contributed by atoms with Gasteiger partial charge in [0.1, 0.15) is 0 Å². The monoisotopic (exact) mass is 294 g/mol. The zero-order valence-electron chi connectivity index (χ0n) is 11.7. The Hall–Kier alpha value is -1.07. The van der Waals surface area contributed by atoms with E-state index in [-0.39, 0.29) is 12.1 Å². The van der Waals surface area contributed by atoms with Gasteiger partial charge in [-0.05, 0) is 43.6 Å². The van der Waals surface area contributed by atoms with Crippen LogP contribution in [0, 0.1) is 0 Å². The Balaban J connectivity index is 1.48. The van der Waals surface area contributed by atoms with Crippen molar-refractivity contribution in [1.29, 1.82) is 0 Å². The highest BCUT2D eigenvalue weighted by Crippen LogP contribution is 2.34. The van der Waals surface area contributed by atoms with E-state index in [1.165, 1.54) is 4.88 Å². The molecule has 3 rings (SSSR count). The highest BCUT2D eigenvalue weighted by molar-refractivity contribution is 7.10. The molecule has 0 spiro atoms. The van der Waals surface area contributed by atoms with Crippen molar-refractivity contribution in [1.82, 2.24) is 10.2 Å². The standard InChI is InChI=1S/C15H22N2O2S/c18-15(16-8-7-12-4-2-10-19-12)17-9-1-5-13(17)14-6-3-11-20-14/h3,6,11-13H,1-2,4-5,7-10H2,(H,16,18). The lowest BCUT2D eigenvalue weighted by Gasteiger charge is -2.24. The van der Waals surface area contributed by atoms with Crippen molar-refractivity contribution in [2.24, 2.45) is 0 Å². The molecule has 2 saturated heterocycles. The minimum Gasteiger partial charge on any atom is -0.378 e. The third-order valence-electron chi connectivity index (χ3n) is 4.15. The fraction of sp³-hybridized carbons (Fsp3) is 0.667. The van der Waals surface area contributed by atoms with E-state index in [0.29, 0.717) is 6.10 Å². The molecule has 2 unspecified atom stereocenters. The second-order valence-corrected chi connectivity index (χ2v) is 6.50. The van der Waals surface area contributed by atoms with E-state index in [0.717, 1.165) is 51.8 Å². The lowest BCUT2D eigenvalue weighted by molar-refractivity contribution is 0.104. The van der Waals surface area contributed by atoms with Crippen LogP contribution in [0.2, 0.25) is 0 Å². The number of urea groups is 1. The first-order chi connectivity index (χ1) is 9.84. The molecule has 0 radical (unpaired) electrons.